The van der Waals surface area contributed by atoms with E-state index in [0.29, 0.717) is 18.1 Å². The smallest absolute Gasteiger partial charge is 0.150 e. The van der Waals surface area contributed by atoms with Gasteiger partial charge in [-0.25, -0.2) is 4.98 Å². The summed E-state index contributed by atoms with van der Waals surface area (Å²) in [4.78, 5) is 16.8. The third-order valence-electron chi connectivity index (χ3n) is 3.25. The van der Waals surface area contributed by atoms with E-state index in [1.54, 1.807) is 11.8 Å². The van der Waals surface area contributed by atoms with Crippen molar-refractivity contribution in [3.05, 3.63) is 30.1 Å². The van der Waals surface area contributed by atoms with Gasteiger partial charge in [0.25, 0.3) is 0 Å². The van der Waals surface area contributed by atoms with Crippen molar-refractivity contribution in [1.82, 2.24) is 9.55 Å². The SMILES string of the molecule is CCCn1c(CC(=O)CSCC(C)C)nc2ccccc21. The highest BCUT2D eigenvalue weighted by Crippen LogP contribution is 2.18. The van der Waals surface area contributed by atoms with Crippen LogP contribution in [0.1, 0.15) is 33.0 Å². The maximum absolute atomic E-state index is 12.2. The zero-order valence-electron chi connectivity index (χ0n) is 13.1. The minimum atomic E-state index is 0.272. The van der Waals surface area contributed by atoms with Crippen molar-refractivity contribution in [3.63, 3.8) is 0 Å². The lowest BCUT2D eigenvalue weighted by Crippen LogP contribution is -2.12. The summed E-state index contributed by atoms with van der Waals surface area (Å²) >= 11 is 1.73. The summed E-state index contributed by atoms with van der Waals surface area (Å²) in [5.41, 5.74) is 2.13. The number of imidazole rings is 1. The molecule has 0 aliphatic carbocycles. The summed E-state index contributed by atoms with van der Waals surface area (Å²) < 4.78 is 2.19. The Morgan fingerprint density at radius 3 is 2.81 bits per heavy atom. The lowest BCUT2D eigenvalue weighted by Gasteiger charge is -2.08. The molecule has 0 aliphatic rings. The van der Waals surface area contributed by atoms with E-state index in [1.165, 1.54) is 0 Å². The van der Waals surface area contributed by atoms with Crippen LogP contribution >= 0.6 is 11.8 Å². The van der Waals surface area contributed by atoms with Crippen LogP contribution in [0.5, 0.6) is 0 Å². The van der Waals surface area contributed by atoms with Crippen molar-refractivity contribution in [2.45, 2.75) is 40.2 Å². The number of thioether (sulfide) groups is 1. The number of fused-ring (bicyclic) bond motifs is 1. The Labute approximate surface area is 131 Å². The Balaban J connectivity index is 2.10. The monoisotopic (exact) mass is 304 g/mol. The summed E-state index contributed by atoms with van der Waals surface area (Å²) in [6.07, 6.45) is 1.49. The molecule has 0 saturated carbocycles. The summed E-state index contributed by atoms with van der Waals surface area (Å²) in [5, 5.41) is 0. The minimum absolute atomic E-state index is 0.272. The predicted octanol–water partition coefficient (Wildman–Crippen LogP) is 3.95. The predicted molar refractivity (Wildman–Crippen MR) is 90.9 cm³/mol. The molecule has 0 radical (unpaired) electrons. The van der Waals surface area contributed by atoms with Crippen LogP contribution in [-0.4, -0.2) is 26.8 Å². The highest BCUT2D eigenvalue weighted by Gasteiger charge is 2.13. The van der Waals surface area contributed by atoms with E-state index in [1.807, 2.05) is 18.2 Å². The van der Waals surface area contributed by atoms with E-state index in [4.69, 9.17) is 0 Å². The number of nitrogens with zero attached hydrogens (tertiary/aromatic N) is 2. The molecular weight excluding hydrogens is 280 g/mol. The molecule has 114 valence electrons. The first-order chi connectivity index (χ1) is 10.1. The van der Waals surface area contributed by atoms with Crippen LogP contribution in [0.15, 0.2) is 24.3 Å². The first-order valence-electron chi connectivity index (χ1n) is 7.65. The maximum Gasteiger partial charge on any atom is 0.150 e. The van der Waals surface area contributed by atoms with Crippen LogP contribution in [-0.2, 0) is 17.8 Å². The van der Waals surface area contributed by atoms with Gasteiger partial charge < -0.3 is 4.57 Å². The van der Waals surface area contributed by atoms with Gasteiger partial charge in [0.2, 0.25) is 0 Å². The molecule has 3 nitrogen and oxygen atoms in total. The van der Waals surface area contributed by atoms with Crippen LogP contribution in [0.4, 0.5) is 0 Å². The zero-order valence-corrected chi connectivity index (χ0v) is 13.9. The molecule has 4 heteroatoms. The number of carbonyl (C=O) groups excluding carboxylic acids is 1. The Hall–Kier alpha value is -1.29. The zero-order chi connectivity index (χ0) is 15.2. The summed E-state index contributed by atoms with van der Waals surface area (Å²) in [6, 6.07) is 8.12. The number of para-hydroxylation sites is 2. The molecule has 1 aromatic carbocycles. The fourth-order valence-electron chi connectivity index (χ4n) is 2.37. The number of ketones is 1. The molecule has 0 bridgehead atoms. The number of carbonyl (C=O) groups is 1. The topological polar surface area (TPSA) is 34.9 Å². The molecule has 0 amide bonds. The van der Waals surface area contributed by atoms with Gasteiger partial charge in [0.15, 0.2) is 0 Å². The largest absolute Gasteiger partial charge is 0.328 e. The van der Waals surface area contributed by atoms with E-state index in [-0.39, 0.29) is 5.78 Å². The van der Waals surface area contributed by atoms with Crippen LogP contribution in [0.2, 0.25) is 0 Å². The molecule has 0 saturated heterocycles. The number of Topliss-reactive ketones (excluding diaryl/α,β-unsaturated/α-hetero) is 1. The van der Waals surface area contributed by atoms with Crippen molar-refractivity contribution in [3.8, 4) is 0 Å². The molecule has 0 N–H and O–H groups in total. The molecule has 1 aromatic heterocycles. The second kappa shape index (κ2) is 7.64. The van der Waals surface area contributed by atoms with Crippen molar-refractivity contribution < 1.29 is 4.79 Å². The Kier molecular flexibility index (Phi) is 5.85. The number of hydrogen-bond acceptors (Lipinski definition) is 3. The van der Waals surface area contributed by atoms with E-state index in [0.717, 1.165) is 35.6 Å². The molecule has 1 heterocycles. The average Bonchev–Trinajstić information content (AvgIpc) is 2.77. The van der Waals surface area contributed by atoms with Gasteiger partial charge in [0.05, 0.1) is 23.2 Å². The first-order valence-corrected chi connectivity index (χ1v) is 8.80. The lowest BCUT2D eigenvalue weighted by molar-refractivity contribution is -0.116. The molecular formula is C17H24N2OS. The van der Waals surface area contributed by atoms with Crippen molar-refractivity contribution in [2.75, 3.05) is 11.5 Å². The molecule has 0 unspecified atom stereocenters. The van der Waals surface area contributed by atoms with Crippen molar-refractivity contribution >= 4 is 28.6 Å². The minimum Gasteiger partial charge on any atom is -0.328 e. The molecule has 0 aliphatic heterocycles. The van der Waals surface area contributed by atoms with Crippen molar-refractivity contribution in [1.29, 1.82) is 0 Å². The van der Waals surface area contributed by atoms with Gasteiger partial charge in [-0.2, -0.15) is 11.8 Å². The average molecular weight is 304 g/mol. The van der Waals surface area contributed by atoms with E-state index >= 15 is 0 Å². The summed E-state index contributed by atoms with van der Waals surface area (Å²) in [6.45, 7) is 7.43. The molecule has 0 spiro atoms. The second-order valence-electron chi connectivity index (χ2n) is 5.79. The Bertz CT molecular complexity index is 604. The molecule has 21 heavy (non-hydrogen) atoms. The maximum atomic E-state index is 12.2. The fourth-order valence-corrected chi connectivity index (χ4v) is 3.29. The standard InChI is InChI=1S/C17H24N2OS/c1-4-9-19-16-8-6-5-7-15(16)18-17(19)10-14(20)12-21-11-13(2)3/h5-8,13H,4,9-12H2,1-3H3. The fraction of sp³-hybridized carbons (Fsp3) is 0.529. The molecule has 0 fully saturated rings. The van der Waals surface area contributed by atoms with Gasteiger partial charge in [-0.3, -0.25) is 4.79 Å². The van der Waals surface area contributed by atoms with Crippen LogP contribution in [0, 0.1) is 5.92 Å². The Morgan fingerprint density at radius 2 is 2.10 bits per heavy atom. The van der Waals surface area contributed by atoms with E-state index in [9.17, 15) is 4.79 Å². The summed E-state index contributed by atoms with van der Waals surface area (Å²) in [7, 11) is 0. The highest BCUT2D eigenvalue weighted by atomic mass is 32.2. The van der Waals surface area contributed by atoms with Gasteiger partial charge in [0, 0.05) is 6.54 Å². The number of aryl methyl sites for hydroxylation is 1. The van der Waals surface area contributed by atoms with Gasteiger partial charge in [-0.05, 0) is 30.2 Å². The quantitative estimate of drug-likeness (QED) is 0.740. The third kappa shape index (κ3) is 4.34. The van der Waals surface area contributed by atoms with Gasteiger partial charge in [-0.1, -0.05) is 32.9 Å². The van der Waals surface area contributed by atoms with Crippen LogP contribution < -0.4 is 0 Å². The normalized spacial score (nSPS) is 11.4. The highest BCUT2D eigenvalue weighted by molar-refractivity contribution is 7.99. The van der Waals surface area contributed by atoms with Crippen LogP contribution in [0.25, 0.3) is 11.0 Å². The van der Waals surface area contributed by atoms with Gasteiger partial charge in [-0.15, -0.1) is 0 Å². The van der Waals surface area contributed by atoms with E-state index in [2.05, 4.69) is 36.4 Å². The number of benzene rings is 1. The summed E-state index contributed by atoms with van der Waals surface area (Å²) in [5.74, 6) is 3.44. The Morgan fingerprint density at radius 1 is 1.33 bits per heavy atom. The molecule has 0 atom stereocenters. The second-order valence-corrected chi connectivity index (χ2v) is 6.82. The first kappa shape index (κ1) is 16.1. The molecule has 2 aromatic rings. The number of aromatic nitrogens is 2. The number of rotatable bonds is 8. The molecule has 2 rings (SSSR count). The van der Waals surface area contributed by atoms with Gasteiger partial charge >= 0.3 is 0 Å². The van der Waals surface area contributed by atoms with Gasteiger partial charge in [0.1, 0.15) is 11.6 Å². The van der Waals surface area contributed by atoms with Crippen molar-refractivity contribution in [2.24, 2.45) is 5.92 Å². The van der Waals surface area contributed by atoms with Crippen LogP contribution in [0.3, 0.4) is 0 Å². The number of hydrogen-bond donors (Lipinski definition) is 0. The lowest BCUT2D eigenvalue weighted by atomic mass is 10.3. The van der Waals surface area contributed by atoms with E-state index < -0.39 is 0 Å². The third-order valence-corrected chi connectivity index (χ3v) is 4.68.